The van der Waals surface area contributed by atoms with Crippen molar-refractivity contribution in [3.05, 3.63) is 101 Å². The monoisotopic (exact) mass is 577 g/mol. The van der Waals surface area contributed by atoms with Gasteiger partial charge in [-0.05, 0) is 82.5 Å². The number of benzene rings is 3. The number of aryl methyl sites for hydroxylation is 1. The van der Waals surface area contributed by atoms with E-state index in [1.54, 1.807) is 65.0 Å². The summed E-state index contributed by atoms with van der Waals surface area (Å²) in [5, 5.41) is 0.527. The van der Waals surface area contributed by atoms with Crippen molar-refractivity contribution in [2.24, 2.45) is 0 Å². The summed E-state index contributed by atoms with van der Waals surface area (Å²) >= 11 is 0. The summed E-state index contributed by atoms with van der Waals surface area (Å²) in [6, 6.07) is 21.0. The molecular weight excluding hydrogens is 542 g/mol. The number of hydrogen-bond donors (Lipinski definition) is 0. The quantitative estimate of drug-likeness (QED) is 0.204. The van der Waals surface area contributed by atoms with Gasteiger partial charge in [0, 0.05) is 24.0 Å². The van der Waals surface area contributed by atoms with Crippen molar-refractivity contribution in [1.82, 2.24) is 4.31 Å². The number of nitrogens with zero attached hydrogens (tertiary/aromatic N) is 1. The molecule has 41 heavy (non-hydrogen) atoms. The van der Waals surface area contributed by atoms with Gasteiger partial charge in [0.15, 0.2) is 0 Å². The standard InChI is InChI=1S/C32H35NO7S/c1-6-38-31(35)29-22(2)27-20-26(16-17-28(27)39-29)41(36,37)33(19-18-23-10-8-7-9-11-23)21-24-12-14-25(15-13-24)30(34)40-32(3,4)5/h7-17,20H,6,18-19,21H2,1-5H3. The summed E-state index contributed by atoms with van der Waals surface area (Å²) < 4.78 is 45.6. The second kappa shape index (κ2) is 12.3. The van der Waals surface area contributed by atoms with Crippen LogP contribution in [0.25, 0.3) is 11.0 Å². The fraction of sp³-hybridized carbons (Fsp3) is 0.312. The van der Waals surface area contributed by atoms with Crippen LogP contribution in [0.3, 0.4) is 0 Å². The van der Waals surface area contributed by atoms with Gasteiger partial charge in [0.25, 0.3) is 0 Å². The molecule has 0 aliphatic heterocycles. The second-order valence-corrected chi connectivity index (χ2v) is 12.6. The van der Waals surface area contributed by atoms with Crippen LogP contribution in [-0.4, -0.2) is 43.4 Å². The largest absolute Gasteiger partial charge is 0.460 e. The van der Waals surface area contributed by atoms with E-state index in [0.29, 0.717) is 28.5 Å². The molecule has 0 unspecified atom stereocenters. The van der Waals surface area contributed by atoms with Gasteiger partial charge < -0.3 is 13.9 Å². The van der Waals surface area contributed by atoms with Gasteiger partial charge in [-0.2, -0.15) is 4.31 Å². The molecule has 0 N–H and O–H groups in total. The third kappa shape index (κ3) is 7.23. The third-order valence-corrected chi connectivity index (χ3v) is 8.29. The van der Waals surface area contributed by atoms with E-state index in [-0.39, 0.29) is 30.4 Å². The molecule has 0 saturated heterocycles. The number of ether oxygens (including phenoxy) is 2. The van der Waals surface area contributed by atoms with Gasteiger partial charge >= 0.3 is 11.9 Å². The van der Waals surface area contributed by atoms with Gasteiger partial charge in [0.2, 0.25) is 15.8 Å². The van der Waals surface area contributed by atoms with Gasteiger partial charge in [0.1, 0.15) is 11.2 Å². The molecule has 0 radical (unpaired) electrons. The lowest BCUT2D eigenvalue weighted by Gasteiger charge is -2.23. The summed E-state index contributed by atoms with van der Waals surface area (Å²) in [5.74, 6) is -0.976. The zero-order valence-electron chi connectivity index (χ0n) is 24.0. The van der Waals surface area contributed by atoms with E-state index in [4.69, 9.17) is 13.9 Å². The average Bonchev–Trinajstić information content (AvgIpc) is 3.27. The minimum Gasteiger partial charge on any atom is -0.460 e. The summed E-state index contributed by atoms with van der Waals surface area (Å²) in [6.07, 6.45) is 0.510. The smallest absolute Gasteiger partial charge is 0.374 e. The SMILES string of the molecule is CCOC(=O)c1oc2ccc(S(=O)(=O)N(CCc3ccccc3)Cc3ccc(C(=O)OC(C)(C)C)cc3)cc2c1C. The van der Waals surface area contributed by atoms with E-state index in [2.05, 4.69) is 0 Å². The van der Waals surface area contributed by atoms with Crippen LogP contribution in [0, 0.1) is 6.92 Å². The van der Waals surface area contributed by atoms with Gasteiger partial charge in [0.05, 0.1) is 17.1 Å². The van der Waals surface area contributed by atoms with E-state index in [1.165, 1.54) is 16.4 Å². The zero-order valence-corrected chi connectivity index (χ0v) is 24.8. The normalized spacial score (nSPS) is 12.0. The number of rotatable bonds is 10. The Morgan fingerprint density at radius 1 is 0.902 bits per heavy atom. The zero-order chi connectivity index (χ0) is 29.8. The highest BCUT2D eigenvalue weighted by molar-refractivity contribution is 7.89. The Bertz CT molecular complexity index is 1630. The minimum absolute atomic E-state index is 0.0578. The first-order chi connectivity index (χ1) is 19.4. The van der Waals surface area contributed by atoms with Crippen molar-refractivity contribution < 1.29 is 31.9 Å². The van der Waals surface area contributed by atoms with Crippen LogP contribution in [0.5, 0.6) is 0 Å². The predicted octanol–water partition coefficient (Wildman–Crippen LogP) is 6.31. The van der Waals surface area contributed by atoms with Crippen LogP contribution in [-0.2, 0) is 32.5 Å². The van der Waals surface area contributed by atoms with Gasteiger partial charge in [-0.15, -0.1) is 0 Å². The van der Waals surface area contributed by atoms with E-state index in [1.807, 2.05) is 30.3 Å². The molecular formula is C32H35NO7S. The number of furan rings is 1. The van der Waals surface area contributed by atoms with Crippen LogP contribution in [0.15, 0.2) is 82.1 Å². The first-order valence-electron chi connectivity index (χ1n) is 13.5. The molecule has 0 atom stereocenters. The molecule has 4 rings (SSSR count). The molecule has 0 amide bonds. The summed E-state index contributed by atoms with van der Waals surface area (Å²) in [7, 11) is -3.97. The van der Waals surface area contributed by atoms with Gasteiger partial charge in [-0.1, -0.05) is 42.5 Å². The number of sulfonamides is 1. The highest BCUT2D eigenvalue weighted by atomic mass is 32.2. The molecule has 0 spiro atoms. The van der Waals surface area contributed by atoms with Crippen LogP contribution < -0.4 is 0 Å². The van der Waals surface area contributed by atoms with E-state index < -0.39 is 27.6 Å². The molecule has 0 bridgehead atoms. The van der Waals surface area contributed by atoms with Crippen molar-refractivity contribution >= 4 is 32.9 Å². The molecule has 216 valence electrons. The van der Waals surface area contributed by atoms with Crippen LogP contribution in [0.2, 0.25) is 0 Å². The maximum Gasteiger partial charge on any atom is 0.374 e. The van der Waals surface area contributed by atoms with Crippen molar-refractivity contribution in [2.75, 3.05) is 13.2 Å². The van der Waals surface area contributed by atoms with Crippen molar-refractivity contribution in [2.45, 2.75) is 58.1 Å². The molecule has 8 nitrogen and oxygen atoms in total. The molecule has 0 aliphatic rings. The number of carbonyl (C=O) groups is 2. The summed E-state index contributed by atoms with van der Waals surface area (Å²) in [4.78, 5) is 24.8. The first kappa shape index (κ1) is 30.0. The maximum atomic E-state index is 14.0. The Labute approximate surface area is 240 Å². The van der Waals surface area contributed by atoms with E-state index >= 15 is 0 Å². The van der Waals surface area contributed by atoms with Crippen molar-refractivity contribution in [3.8, 4) is 0 Å². The van der Waals surface area contributed by atoms with Crippen LogP contribution >= 0.6 is 0 Å². The van der Waals surface area contributed by atoms with Crippen LogP contribution in [0.1, 0.15) is 65.3 Å². The number of carbonyl (C=O) groups excluding carboxylic acids is 2. The highest BCUT2D eigenvalue weighted by Crippen LogP contribution is 2.30. The lowest BCUT2D eigenvalue weighted by Crippen LogP contribution is -2.32. The second-order valence-electron chi connectivity index (χ2n) is 10.7. The molecule has 3 aromatic carbocycles. The lowest BCUT2D eigenvalue weighted by molar-refractivity contribution is 0.00692. The van der Waals surface area contributed by atoms with E-state index in [0.717, 1.165) is 11.1 Å². The van der Waals surface area contributed by atoms with Gasteiger partial charge in [-0.3, -0.25) is 0 Å². The summed E-state index contributed by atoms with van der Waals surface area (Å²) in [6.45, 7) is 9.34. The molecule has 0 aliphatic carbocycles. The molecule has 4 aromatic rings. The number of hydrogen-bond acceptors (Lipinski definition) is 7. The first-order valence-corrected chi connectivity index (χ1v) is 14.9. The third-order valence-electron chi connectivity index (χ3n) is 6.45. The topological polar surface area (TPSA) is 103 Å². The van der Waals surface area contributed by atoms with E-state index in [9.17, 15) is 18.0 Å². The maximum absolute atomic E-state index is 14.0. The van der Waals surface area contributed by atoms with Crippen molar-refractivity contribution in [1.29, 1.82) is 0 Å². The van der Waals surface area contributed by atoms with Gasteiger partial charge in [-0.25, -0.2) is 18.0 Å². The number of fused-ring (bicyclic) bond motifs is 1. The molecule has 0 saturated carbocycles. The number of esters is 2. The Morgan fingerprint density at radius 3 is 2.22 bits per heavy atom. The van der Waals surface area contributed by atoms with Crippen LogP contribution in [0.4, 0.5) is 0 Å². The highest BCUT2D eigenvalue weighted by Gasteiger charge is 2.27. The molecule has 9 heteroatoms. The Kier molecular flexibility index (Phi) is 8.99. The minimum atomic E-state index is -3.97. The molecule has 1 aromatic heterocycles. The summed E-state index contributed by atoms with van der Waals surface area (Å²) in [5.41, 5.74) is 2.42. The average molecular weight is 578 g/mol. The molecule has 1 heterocycles. The predicted molar refractivity (Wildman–Crippen MR) is 156 cm³/mol. The fourth-order valence-electron chi connectivity index (χ4n) is 4.37. The Hall–Kier alpha value is -3.95. The molecule has 0 fully saturated rings. The fourth-order valence-corrected chi connectivity index (χ4v) is 5.83. The Morgan fingerprint density at radius 2 is 1.59 bits per heavy atom. The Balaban J connectivity index is 1.65. The van der Waals surface area contributed by atoms with Crippen molar-refractivity contribution in [3.63, 3.8) is 0 Å². The lowest BCUT2D eigenvalue weighted by atomic mass is 10.1.